The van der Waals surface area contributed by atoms with Crippen LogP contribution in [0.15, 0.2) is 12.2 Å². The van der Waals surface area contributed by atoms with Crippen molar-refractivity contribution < 1.29 is 9.53 Å². The first kappa shape index (κ1) is 16.0. The molecule has 0 rings (SSSR count). The van der Waals surface area contributed by atoms with Crippen LogP contribution < -0.4 is 5.32 Å². The summed E-state index contributed by atoms with van der Waals surface area (Å²) >= 11 is 0. The summed E-state index contributed by atoms with van der Waals surface area (Å²) in [6, 6.07) is 0.0600. The van der Waals surface area contributed by atoms with Gasteiger partial charge in [0.2, 0.25) is 0 Å². The second kappa shape index (κ2) is 7.36. The van der Waals surface area contributed by atoms with Crippen LogP contribution in [-0.4, -0.2) is 17.7 Å². The Morgan fingerprint density at radius 2 is 1.94 bits per heavy atom. The lowest BCUT2D eigenvalue weighted by atomic mass is 10.0. The Hall–Kier alpha value is -0.990. The Labute approximate surface area is 106 Å². The number of hydrogen-bond acceptors (Lipinski definition) is 2. The zero-order chi connectivity index (χ0) is 13.5. The molecule has 0 aliphatic heterocycles. The molecule has 0 radical (unpaired) electrons. The number of hydrogen-bond donors (Lipinski definition) is 1. The van der Waals surface area contributed by atoms with Crippen LogP contribution in [0.3, 0.4) is 0 Å². The van der Waals surface area contributed by atoms with E-state index in [4.69, 9.17) is 4.74 Å². The second-order valence-electron chi connectivity index (χ2n) is 5.72. The molecule has 0 aliphatic carbocycles. The van der Waals surface area contributed by atoms with E-state index in [1.165, 1.54) is 0 Å². The second-order valence-corrected chi connectivity index (χ2v) is 5.72. The van der Waals surface area contributed by atoms with E-state index in [0.717, 1.165) is 12.8 Å². The highest BCUT2D eigenvalue weighted by atomic mass is 16.6. The van der Waals surface area contributed by atoms with Gasteiger partial charge >= 0.3 is 6.09 Å². The van der Waals surface area contributed by atoms with Crippen LogP contribution in [0.2, 0.25) is 0 Å². The van der Waals surface area contributed by atoms with Crippen LogP contribution >= 0.6 is 0 Å². The fraction of sp³-hybridized carbons (Fsp3) is 0.786. The molecule has 0 heterocycles. The number of amides is 1. The number of alkyl carbamates (subject to hydrolysis) is 1. The number of allylic oxidation sites excluding steroid dienone is 1. The Kier molecular flexibility index (Phi) is 6.93. The van der Waals surface area contributed by atoms with Crippen molar-refractivity contribution in [2.45, 2.75) is 66.0 Å². The summed E-state index contributed by atoms with van der Waals surface area (Å²) in [6.07, 6.45) is 5.68. The normalized spacial score (nSPS) is 14.1. The molecule has 1 N–H and O–H groups in total. The highest BCUT2D eigenvalue weighted by Crippen LogP contribution is 2.10. The van der Waals surface area contributed by atoms with E-state index in [2.05, 4.69) is 32.2 Å². The van der Waals surface area contributed by atoms with Crippen LogP contribution in [0.1, 0.15) is 54.4 Å². The minimum absolute atomic E-state index is 0.0600. The zero-order valence-electron chi connectivity index (χ0n) is 12.0. The highest BCUT2D eigenvalue weighted by molar-refractivity contribution is 5.68. The van der Waals surface area contributed by atoms with Crippen molar-refractivity contribution in [3.8, 4) is 0 Å². The Morgan fingerprint density at radius 1 is 1.35 bits per heavy atom. The lowest BCUT2D eigenvalue weighted by Crippen LogP contribution is -2.38. The molecule has 0 spiro atoms. The topological polar surface area (TPSA) is 38.3 Å². The first-order chi connectivity index (χ1) is 7.74. The molecule has 0 fully saturated rings. The van der Waals surface area contributed by atoms with Crippen molar-refractivity contribution in [3.05, 3.63) is 12.2 Å². The molecule has 0 saturated heterocycles. The third-order valence-corrected chi connectivity index (χ3v) is 2.03. The minimum atomic E-state index is -0.444. The molecule has 0 saturated carbocycles. The van der Waals surface area contributed by atoms with Crippen LogP contribution in [0.5, 0.6) is 0 Å². The average molecular weight is 241 g/mol. The monoisotopic (exact) mass is 241 g/mol. The molecule has 0 aromatic rings. The number of carbonyl (C=O) groups is 1. The van der Waals surface area contributed by atoms with Gasteiger partial charge in [-0.25, -0.2) is 4.79 Å². The number of nitrogens with one attached hydrogen (secondary N) is 1. The van der Waals surface area contributed by atoms with Crippen molar-refractivity contribution >= 4 is 6.09 Å². The van der Waals surface area contributed by atoms with E-state index in [1.54, 1.807) is 0 Å². The van der Waals surface area contributed by atoms with E-state index in [9.17, 15) is 4.79 Å². The average Bonchev–Trinajstić information content (AvgIpc) is 2.09. The van der Waals surface area contributed by atoms with Gasteiger partial charge in [-0.05, 0) is 39.5 Å². The SMILES string of the molecule is CC/C=C\[C@H](CC(C)C)NC(=O)OC(C)(C)C. The van der Waals surface area contributed by atoms with Gasteiger partial charge in [0, 0.05) is 0 Å². The molecule has 0 aromatic carbocycles. The summed E-state index contributed by atoms with van der Waals surface area (Å²) in [6.45, 7) is 12.0. The van der Waals surface area contributed by atoms with Crippen molar-refractivity contribution in [1.82, 2.24) is 5.32 Å². The van der Waals surface area contributed by atoms with Gasteiger partial charge in [-0.15, -0.1) is 0 Å². The molecule has 1 amide bonds. The summed E-state index contributed by atoms with van der Waals surface area (Å²) in [5.41, 5.74) is -0.444. The number of carbonyl (C=O) groups excluding carboxylic acids is 1. The Bertz CT molecular complexity index is 251. The summed E-state index contributed by atoms with van der Waals surface area (Å²) in [4.78, 5) is 11.6. The van der Waals surface area contributed by atoms with Crippen molar-refractivity contribution in [1.29, 1.82) is 0 Å². The molecule has 100 valence electrons. The smallest absolute Gasteiger partial charge is 0.408 e. The van der Waals surface area contributed by atoms with Crippen LogP contribution in [0.4, 0.5) is 4.79 Å². The van der Waals surface area contributed by atoms with Gasteiger partial charge in [0.25, 0.3) is 0 Å². The number of ether oxygens (including phenoxy) is 1. The number of rotatable bonds is 5. The largest absolute Gasteiger partial charge is 0.444 e. The zero-order valence-corrected chi connectivity index (χ0v) is 12.0. The molecular formula is C14H27NO2. The lowest BCUT2D eigenvalue weighted by Gasteiger charge is -2.23. The van der Waals surface area contributed by atoms with Gasteiger partial charge in [0.1, 0.15) is 5.60 Å². The van der Waals surface area contributed by atoms with Gasteiger partial charge < -0.3 is 10.1 Å². The molecule has 0 bridgehead atoms. The molecule has 0 aromatic heterocycles. The Morgan fingerprint density at radius 3 is 2.35 bits per heavy atom. The molecule has 0 unspecified atom stereocenters. The van der Waals surface area contributed by atoms with Crippen LogP contribution in [-0.2, 0) is 4.74 Å². The summed E-state index contributed by atoms with van der Waals surface area (Å²) in [5, 5.41) is 2.89. The first-order valence-electron chi connectivity index (χ1n) is 6.40. The maximum atomic E-state index is 11.6. The minimum Gasteiger partial charge on any atom is -0.444 e. The fourth-order valence-corrected chi connectivity index (χ4v) is 1.45. The fourth-order valence-electron chi connectivity index (χ4n) is 1.45. The third-order valence-electron chi connectivity index (χ3n) is 2.03. The van der Waals surface area contributed by atoms with Crippen molar-refractivity contribution in [2.24, 2.45) is 5.92 Å². The highest BCUT2D eigenvalue weighted by Gasteiger charge is 2.18. The molecular weight excluding hydrogens is 214 g/mol. The van der Waals surface area contributed by atoms with Gasteiger partial charge in [0.05, 0.1) is 6.04 Å². The maximum absolute atomic E-state index is 11.6. The van der Waals surface area contributed by atoms with E-state index in [1.807, 2.05) is 26.8 Å². The van der Waals surface area contributed by atoms with E-state index < -0.39 is 5.60 Å². The lowest BCUT2D eigenvalue weighted by molar-refractivity contribution is 0.0510. The van der Waals surface area contributed by atoms with Crippen molar-refractivity contribution in [2.75, 3.05) is 0 Å². The van der Waals surface area contributed by atoms with E-state index in [-0.39, 0.29) is 12.1 Å². The summed E-state index contributed by atoms with van der Waals surface area (Å²) in [5.74, 6) is 0.538. The van der Waals surface area contributed by atoms with Crippen LogP contribution in [0.25, 0.3) is 0 Å². The molecule has 17 heavy (non-hydrogen) atoms. The van der Waals surface area contributed by atoms with Gasteiger partial charge in [0.15, 0.2) is 0 Å². The molecule has 3 nitrogen and oxygen atoms in total. The van der Waals surface area contributed by atoms with Gasteiger partial charge in [-0.1, -0.05) is 32.9 Å². The van der Waals surface area contributed by atoms with Gasteiger partial charge in [-0.3, -0.25) is 0 Å². The van der Waals surface area contributed by atoms with Gasteiger partial charge in [-0.2, -0.15) is 0 Å². The molecule has 1 atom stereocenters. The van der Waals surface area contributed by atoms with Crippen molar-refractivity contribution in [3.63, 3.8) is 0 Å². The van der Waals surface area contributed by atoms with Crippen LogP contribution in [0, 0.1) is 5.92 Å². The molecule has 3 heteroatoms. The van der Waals surface area contributed by atoms with E-state index in [0.29, 0.717) is 5.92 Å². The summed E-state index contributed by atoms with van der Waals surface area (Å²) in [7, 11) is 0. The molecule has 0 aliphatic rings. The standard InChI is InChI=1S/C14H27NO2/c1-7-8-9-12(10-11(2)3)15-13(16)17-14(4,5)6/h8-9,11-12H,7,10H2,1-6H3,(H,15,16)/b9-8-/t12-/m1/s1. The summed E-state index contributed by atoms with van der Waals surface area (Å²) < 4.78 is 5.25. The first-order valence-corrected chi connectivity index (χ1v) is 6.40. The quantitative estimate of drug-likeness (QED) is 0.741. The third kappa shape index (κ3) is 9.91. The maximum Gasteiger partial charge on any atom is 0.408 e. The predicted molar refractivity (Wildman–Crippen MR) is 72.0 cm³/mol. The predicted octanol–water partition coefficient (Wildman–Crippen LogP) is 3.89. The Balaban J connectivity index is 4.32. The van der Waals surface area contributed by atoms with E-state index >= 15 is 0 Å².